The highest BCUT2D eigenvalue weighted by Gasteiger charge is 2.29. The molecule has 0 aromatic rings. The van der Waals surface area contributed by atoms with E-state index in [-0.39, 0.29) is 18.1 Å². The first-order chi connectivity index (χ1) is 6.19. The molecular formula is C9H18N2O2. The van der Waals surface area contributed by atoms with Gasteiger partial charge in [-0.3, -0.25) is 10.1 Å². The maximum absolute atomic E-state index is 11.6. The second-order valence-electron chi connectivity index (χ2n) is 3.43. The van der Waals surface area contributed by atoms with E-state index in [4.69, 9.17) is 4.74 Å². The molecule has 1 saturated heterocycles. The topological polar surface area (TPSA) is 41.6 Å². The molecule has 0 aromatic heterocycles. The number of rotatable bonds is 4. The van der Waals surface area contributed by atoms with Crippen LogP contribution in [-0.2, 0) is 9.53 Å². The molecule has 1 amide bonds. The highest BCUT2D eigenvalue weighted by molar-refractivity contribution is 5.83. The Bertz CT molecular complexity index is 184. The lowest BCUT2D eigenvalue weighted by molar-refractivity contribution is -0.130. The standard InChI is InChI=1S/C9H18N2O2/c1-4-8-9(12)11(6-10-8)5-7(2)13-3/h7-8,10H,4-6H2,1-3H3. The third-order valence-corrected chi connectivity index (χ3v) is 2.43. The number of hydrogen-bond acceptors (Lipinski definition) is 3. The Kier molecular flexibility index (Phi) is 3.69. The second kappa shape index (κ2) is 4.58. The van der Waals surface area contributed by atoms with Gasteiger partial charge in [-0.1, -0.05) is 6.92 Å². The van der Waals surface area contributed by atoms with Gasteiger partial charge in [-0.25, -0.2) is 0 Å². The summed E-state index contributed by atoms with van der Waals surface area (Å²) >= 11 is 0. The fourth-order valence-corrected chi connectivity index (χ4v) is 1.46. The Balaban J connectivity index is 2.41. The van der Waals surface area contributed by atoms with Crippen molar-refractivity contribution in [2.45, 2.75) is 32.4 Å². The predicted octanol–water partition coefficient (Wildman–Crippen LogP) is 0.189. The van der Waals surface area contributed by atoms with Gasteiger partial charge in [-0.2, -0.15) is 0 Å². The minimum absolute atomic E-state index is 0.0176. The van der Waals surface area contributed by atoms with Gasteiger partial charge in [-0.05, 0) is 13.3 Å². The molecule has 2 unspecified atom stereocenters. The number of methoxy groups -OCH3 is 1. The van der Waals surface area contributed by atoms with Crippen LogP contribution in [0.5, 0.6) is 0 Å². The average molecular weight is 186 g/mol. The van der Waals surface area contributed by atoms with Crippen molar-refractivity contribution in [3.05, 3.63) is 0 Å². The summed E-state index contributed by atoms with van der Waals surface area (Å²) in [7, 11) is 1.66. The van der Waals surface area contributed by atoms with E-state index in [0.717, 1.165) is 6.42 Å². The lowest BCUT2D eigenvalue weighted by atomic mass is 10.2. The summed E-state index contributed by atoms with van der Waals surface area (Å²) in [5.74, 6) is 0.200. The van der Waals surface area contributed by atoms with Crippen molar-refractivity contribution in [2.24, 2.45) is 0 Å². The van der Waals surface area contributed by atoms with Crippen molar-refractivity contribution in [1.29, 1.82) is 0 Å². The van der Waals surface area contributed by atoms with Gasteiger partial charge in [0.2, 0.25) is 5.91 Å². The van der Waals surface area contributed by atoms with E-state index < -0.39 is 0 Å². The van der Waals surface area contributed by atoms with E-state index in [1.807, 2.05) is 18.7 Å². The molecule has 0 aliphatic carbocycles. The molecule has 76 valence electrons. The summed E-state index contributed by atoms with van der Waals surface area (Å²) in [5.41, 5.74) is 0. The fourth-order valence-electron chi connectivity index (χ4n) is 1.46. The molecular weight excluding hydrogens is 168 g/mol. The van der Waals surface area contributed by atoms with Gasteiger partial charge in [0.15, 0.2) is 0 Å². The van der Waals surface area contributed by atoms with Gasteiger partial charge >= 0.3 is 0 Å². The maximum atomic E-state index is 11.6. The van der Waals surface area contributed by atoms with Crippen molar-refractivity contribution in [1.82, 2.24) is 10.2 Å². The number of hydrogen-bond donors (Lipinski definition) is 1. The minimum atomic E-state index is 0.0176. The molecule has 1 aliphatic rings. The van der Waals surface area contributed by atoms with E-state index >= 15 is 0 Å². The number of carbonyl (C=O) groups is 1. The lowest BCUT2D eigenvalue weighted by Crippen LogP contribution is -2.35. The van der Waals surface area contributed by atoms with Crippen molar-refractivity contribution >= 4 is 5.91 Å². The summed E-state index contributed by atoms with van der Waals surface area (Å²) in [6.07, 6.45) is 0.970. The third-order valence-electron chi connectivity index (χ3n) is 2.43. The van der Waals surface area contributed by atoms with Gasteiger partial charge in [0.05, 0.1) is 18.8 Å². The highest BCUT2D eigenvalue weighted by atomic mass is 16.5. The molecule has 2 atom stereocenters. The summed E-state index contributed by atoms with van der Waals surface area (Å²) in [5, 5.41) is 3.16. The Labute approximate surface area is 79.2 Å². The van der Waals surface area contributed by atoms with Crippen molar-refractivity contribution in [3.63, 3.8) is 0 Å². The molecule has 4 heteroatoms. The number of nitrogens with zero attached hydrogens (tertiary/aromatic N) is 1. The number of ether oxygens (including phenoxy) is 1. The second-order valence-corrected chi connectivity index (χ2v) is 3.43. The van der Waals surface area contributed by atoms with Crippen LogP contribution >= 0.6 is 0 Å². The molecule has 0 saturated carbocycles. The zero-order valence-electron chi connectivity index (χ0n) is 8.54. The van der Waals surface area contributed by atoms with Crippen molar-refractivity contribution in [2.75, 3.05) is 20.3 Å². The molecule has 0 aromatic carbocycles. The molecule has 0 radical (unpaired) electrons. The molecule has 1 heterocycles. The van der Waals surface area contributed by atoms with Crippen molar-refractivity contribution < 1.29 is 9.53 Å². The zero-order chi connectivity index (χ0) is 9.84. The first kappa shape index (κ1) is 10.5. The zero-order valence-corrected chi connectivity index (χ0v) is 8.54. The van der Waals surface area contributed by atoms with Gasteiger partial charge in [-0.15, -0.1) is 0 Å². The predicted molar refractivity (Wildman–Crippen MR) is 50.3 cm³/mol. The van der Waals surface area contributed by atoms with Crippen LogP contribution < -0.4 is 5.32 Å². The van der Waals surface area contributed by atoms with E-state index in [0.29, 0.717) is 13.2 Å². The van der Waals surface area contributed by atoms with Crippen LogP contribution in [0.2, 0.25) is 0 Å². The third kappa shape index (κ3) is 2.42. The molecule has 1 N–H and O–H groups in total. The lowest BCUT2D eigenvalue weighted by Gasteiger charge is -2.19. The molecule has 4 nitrogen and oxygen atoms in total. The summed E-state index contributed by atoms with van der Waals surface area (Å²) in [6, 6.07) is 0.0176. The van der Waals surface area contributed by atoms with Crippen LogP contribution in [0.3, 0.4) is 0 Å². The molecule has 1 aliphatic heterocycles. The van der Waals surface area contributed by atoms with E-state index in [2.05, 4.69) is 5.32 Å². The quantitative estimate of drug-likeness (QED) is 0.681. The Morgan fingerprint density at radius 1 is 1.77 bits per heavy atom. The smallest absolute Gasteiger partial charge is 0.240 e. The summed E-state index contributed by atoms with van der Waals surface area (Å²) in [6.45, 7) is 5.31. The van der Waals surface area contributed by atoms with Gasteiger partial charge < -0.3 is 9.64 Å². The average Bonchev–Trinajstić information content (AvgIpc) is 2.48. The van der Waals surface area contributed by atoms with Crippen LogP contribution in [0.25, 0.3) is 0 Å². The summed E-state index contributed by atoms with van der Waals surface area (Å²) < 4.78 is 5.11. The minimum Gasteiger partial charge on any atom is -0.380 e. The van der Waals surface area contributed by atoms with Crippen LogP contribution in [0.4, 0.5) is 0 Å². The van der Waals surface area contributed by atoms with Crippen LogP contribution in [0, 0.1) is 0 Å². The van der Waals surface area contributed by atoms with Crippen molar-refractivity contribution in [3.8, 4) is 0 Å². The van der Waals surface area contributed by atoms with Gasteiger partial charge in [0, 0.05) is 13.7 Å². The molecule has 1 fully saturated rings. The van der Waals surface area contributed by atoms with Crippen LogP contribution in [0.15, 0.2) is 0 Å². The first-order valence-electron chi connectivity index (χ1n) is 4.74. The number of carbonyl (C=O) groups excluding carboxylic acids is 1. The fraction of sp³-hybridized carbons (Fsp3) is 0.889. The molecule has 0 spiro atoms. The van der Waals surface area contributed by atoms with E-state index in [9.17, 15) is 4.79 Å². The maximum Gasteiger partial charge on any atom is 0.240 e. The Morgan fingerprint density at radius 3 is 2.92 bits per heavy atom. The van der Waals surface area contributed by atoms with Crippen LogP contribution in [0.1, 0.15) is 20.3 Å². The Morgan fingerprint density at radius 2 is 2.46 bits per heavy atom. The van der Waals surface area contributed by atoms with E-state index in [1.54, 1.807) is 7.11 Å². The normalized spacial score (nSPS) is 25.3. The largest absolute Gasteiger partial charge is 0.380 e. The molecule has 0 bridgehead atoms. The van der Waals surface area contributed by atoms with Gasteiger partial charge in [0.1, 0.15) is 0 Å². The molecule has 13 heavy (non-hydrogen) atoms. The SMILES string of the molecule is CCC1NCN(CC(C)OC)C1=O. The number of nitrogens with one attached hydrogen (secondary N) is 1. The molecule has 1 rings (SSSR count). The van der Waals surface area contributed by atoms with Gasteiger partial charge in [0.25, 0.3) is 0 Å². The monoisotopic (exact) mass is 186 g/mol. The van der Waals surface area contributed by atoms with E-state index in [1.165, 1.54) is 0 Å². The first-order valence-corrected chi connectivity index (χ1v) is 4.74. The van der Waals surface area contributed by atoms with Crippen LogP contribution in [-0.4, -0.2) is 43.3 Å². The number of amides is 1. The highest BCUT2D eigenvalue weighted by Crippen LogP contribution is 2.07. The Hall–Kier alpha value is -0.610. The summed E-state index contributed by atoms with van der Waals surface area (Å²) in [4.78, 5) is 13.4.